The minimum atomic E-state index is -4.52. The molecule has 7 nitrogen and oxygen atoms in total. The minimum absolute atomic E-state index is 0.00521. The predicted octanol–water partition coefficient (Wildman–Crippen LogP) is 6.05. The summed E-state index contributed by atoms with van der Waals surface area (Å²) in [6.45, 7) is 5.60. The number of dihydropyridines is 1. The molecule has 1 aliphatic heterocycles. The largest absolute Gasteiger partial charge is 0.493 e. The van der Waals surface area contributed by atoms with Crippen molar-refractivity contribution in [2.75, 3.05) is 27.4 Å². The van der Waals surface area contributed by atoms with Crippen LogP contribution in [0.5, 0.6) is 11.5 Å². The van der Waals surface area contributed by atoms with Crippen LogP contribution in [0.25, 0.3) is 0 Å². The monoisotopic (exact) mass is 573 g/mol. The van der Waals surface area contributed by atoms with E-state index < -0.39 is 23.6 Å². The lowest BCUT2D eigenvalue weighted by Crippen LogP contribution is -2.36. The number of ketones is 1. The van der Waals surface area contributed by atoms with Crippen LogP contribution in [0.1, 0.15) is 62.1 Å². The van der Waals surface area contributed by atoms with Gasteiger partial charge in [0.1, 0.15) is 6.61 Å². The number of allylic oxidation sites excluding steroid dienone is 3. The Bertz CT molecular complexity index is 1360. The van der Waals surface area contributed by atoms with Crippen molar-refractivity contribution in [3.05, 3.63) is 81.7 Å². The second kappa shape index (κ2) is 12.4. The molecule has 2 aromatic rings. The van der Waals surface area contributed by atoms with Crippen LogP contribution in [-0.4, -0.2) is 45.3 Å². The van der Waals surface area contributed by atoms with Gasteiger partial charge in [-0.1, -0.05) is 18.2 Å². The summed E-state index contributed by atoms with van der Waals surface area (Å²) in [5.41, 5.74) is 2.11. The van der Waals surface area contributed by atoms with Gasteiger partial charge in [0.15, 0.2) is 17.3 Å². The fraction of sp³-hybridized carbons (Fsp3) is 0.419. The van der Waals surface area contributed by atoms with Crippen LogP contribution >= 0.6 is 0 Å². The average molecular weight is 574 g/mol. The molecule has 0 amide bonds. The molecule has 1 heterocycles. The number of alkyl halides is 3. The van der Waals surface area contributed by atoms with Crippen molar-refractivity contribution in [1.82, 2.24) is 5.32 Å². The maximum atomic E-state index is 13.8. The van der Waals surface area contributed by atoms with Crippen molar-refractivity contribution in [3.8, 4) is 11.5 Å². The number of hydrogen-bond donors (Lipinski definition) is 1. The highest BCUT2D eigenvalue weighted by molar-refractivity contribution is 6.04. The Kier molecular flexibility index (Phi) is 9.11. The van der Waals surface area contributed by atoms with Gasteiger partial charge in [-0.3, -0.25) is 4.79 Å². The molecule has 10 heteroatoms. The molecule has 1 N–H and O–H groups in total. The molecule has 2 unspecified atom stereocenters. The number of methoxy groups -OCH3 is 2. The van der Waals surface area contributed by atoms with Crippen molar-refractivity contribution < 1.29 is 41.7 Å². The standard InChI is InChI=1S/C31H34F3NO6/c1-17(2)40-12-13-41-30(37)27-18(3)35-23-14-21(20-8-11-25(38-4)26(16-20)39-5)15-24(36)29(23)28(27)19-6-9-22(10-7-19)31(32,33)34/h6-11,16-17,21,28,35H,12-15H2,1-5H3. The quantitative estimate of drug-likeness (QED) is 0.289. The lowest BCUT2D eigenvalue weighted by atomic mass is 9.71. The first-order valence-electron chi connectivity index (χ1n) is 13.4. The highest BCUT2D eigenvalue weighted by Gasteiger charge is 2.42. The van der Waals surface area contributed by atoms with E-state index in [1.54, 1.807) is 20.1 Å². The molecule has 1 aliphatic carbocycles. The maximum absolute atomic E-state index is 13.8. The lowest BCUT2D eigenvalue weighted by molar-refractivity contribution is -0.141. The molecule has 220 valence electrons. The summed E-state index contributed by atoms with van der Waals surface area (Å²) < 4.78 is 61.6. The van der Waals surface area contributed by atoms with Crippen LogP contribution in [-0.2, 0) is 25.2 Å². The molecule has 2 aliphatic rings. The van der Waals surface area contributed by atoms with E-state index in [2.05, 4.69) is 5.32 Å². The normalized spacial score (nSPS) is 19.2. The molecule has 0 aromatic heterocycles. The number of nitrogens with one attached hydrogen (secondary N) is 1. The van der Waals surface area contributed by atoms with E-state index in [1.165, 1.54) is 19.2 Å². The van der Waals surface area contributed by atoms with Gasteiger partial charge in [-0.15, -0.1) is 0 Å². The van der Waals surface area contributed by atoms with Crippen LogP contribution in [0.4, 0.5) is 13.2 Å². The average Bonchev–Trinajstić information content (AvgIpc) is 2.93. The molecule has 41 heavy (non-hydrogen) atoms. The topological polar surface area (TPSA) is 83.1 Å². The van der Waals surface area contributed by atoms with Gasteiger partial charge in [-0.05, 0) is 68.5 Å². The van der Waals surface area contributed by atoms with Gasteiger partial charge >= 0.3 is 12.1 Å². The zero-order valence-corrected chi connectivity index (χ0v) is 23.7. The lowest BCUT2D eigenvalue weighted by Gasteiger charge is -2.37. The van der Waals surface area contributed by atoms with Crippen LogP contribution in [0.15, 0.2) is 65.0 Å². The van der Waals surface area contributed by atoms with Gasteiger partial charge in [0.25, 0.3) is 0 Å². The Morgan fingerprint density at radius 2 is 1.63 bits per heavy atom. The molecular weight excluding hydrogens is 539 g/mol. The summed E-state index contributed by atoms with van der Waals surface area (Å²) >= 11 is 0. The zero-order valence-electron chi connectivity index (χ0n) is 23.7. The summed E-state index contributed by atoms with van der Waals surface area (Å²) in [6.07, 6.45) is -3.96. The van der Waals surface area contributed by atoms with Gasteiger partial charge in [0.2, 0.25) is 0 Å². The van der Waals surface area contributed by atoms with Crippen LogP contribution in [0.3, 0.4) is 0 Å². The fourth-order valence-electron chi connectivity index (χ4n) is 5.35. The first-order chi connectivity index (χ1) is 19.4. The Balaban J connectivity index is 1.71. The molecule has 0 radical (unpaired) electrons. The van der Waals surface area contributed by atoms with Gasteiger partial charge < -0.3 is 24.3 Å². The molecular formula is C31H34F3NO6. The summed E-state index contributed by atoms with van der Waals surface area (Å²) in [6, 6.07) is 10.1. The van der Waals surface area contributed by atoms with Crippen molar-refractivity contribution in [3.63, 3.8) is 0 Å². The number of rotatable bonds is 9. The summed E-state index contributed by atoms with van der Waals surface area (Å²) in [5.74, 6) is -0.823. The Morgan fingerprint density at radius 1 is 0.976 bits per heavy atom. The van der Waals surface area contributed by atoms with Gasteiger partial charge in [-0.25, -0.2) is 4.79 Å². The number of ether oxygens (including phenoxy) is 4. The second-order valence-corrected chi connectivity index (χ2v) is 10.3. The molecule has 0 saturated heterocycles. The third-order valence-electron chi connectivity index (χ3n) is 7.27. The van der Waals surface area contributed by atoms with Gasteiger partial charge in [0.05, 0.1) is 38.1 Å². The minimum Gasteiger partial charge on any atom is -0.493 e. The van der Waals surface area contributed by atoms with Crippen molar-refractivity contribution in [2.45, 2.75) is 57.7 Å². The zero-order chi connectivity index (χ0) is 29.9. The number of Topliss-reactive ketones (excluding diaryl/α,β-unsaturated/α-hetero) is 1. The molecule has 2 aromatic carbocycles. The smallest absolute Gasteiger partial charge is 0.416 e. The van der Waals surface area contributed by atoms with E-state index in [0.29, 0.717) is 40.5 Å². The van der Waals surface area contributed by atoms with Crippen LogP contribution in [0, 0.1) is 0 Å². The van der Waals surface area contributed by atoms with Crippen molar-refractivity contribution in [2.24, 2.45) is 0 Å². The van der Waals surface area contributed by atoms with Crippen LogP contribution < -0.4 is 14.8 Å². The van der Waals surface area contributed by atoms with Gasteiger partial charge in [-0.2, -0.15) is 13.2 Å². The van der Waals surface area contributed by atoms with Crippen molar-refractivity contribution >= 4 is 11.8 Å². The summed E-state index contributed by atoms with van der Waals surface area (Å²) in [5, 5.41) is 3.24. The molecule has 0 fully saturated rings. The third kappa shape index (κ3) is 6.59. The second-order valence-electron chi connectivity index (χ2n) is 10.3. The SMILES string of the molecule is COc1ccc(C2CC(=O)C3=C(C2)NC(C)=C(C(=O)OCCOC(C)C)C3c2ccc(C(F)(F)F)cc2)cc1OC. The number of carbonyl (C=O) groups is 2. The number of benzene rings is 2. The van der Waals surface area contributed by atoms with E-state index in [0.717, 1.165) is 17.7 Å². The Labute approximate surface area is 237 Å². The van der Waals surface area contributed by atoms with Crippen molar-refractivity contribution in [1.29, 1.82) is 0 Å². The molecule has 0 saturated carbocycles. The number of carbonyl (C=O) groups excluding carboxylic acids is 2. The highest BCUT2D eigenvalue weighted by Crippen LogP contribution is 2.47. The molecule has 2 atom stereocenters. The van der Waals surface area contributed by atoms with Crippen LogP contribution in [0.2, 0.25) is 0 Å². The number of halogens is 3. The summed E-state index contributed by atoms with van der Waals surface area (Å²) in [4.78, 5) is 27.1. The Hall–Kier alpha value is -3.79. The molecule has 0 bridgehead atoms. The molecule has 0 spiro atoms. The summed E-state index contributed by atoms with van der Waals surface area (Å²) in [7, 11) is 3.08. The fourth-order valence-corrected chi connectivity index (χ4v) is 5.35. The predicted molar refractivity (Wildman–Crippen MR) is 146 cm³/mol. The van der Waals surface area contributed by atoms with E-state index in [-0.39, 0.29) is 43.0 Å². The highest BCUT2D eigenvalue weighted by atomic mass is 19.4. The maximum Gasteiger partial charge on any atom is 0.416 e. The number of hydrogen-bond acceptors (Lipinski definition) is 7. The van der Waals surface area contributed by atoms with E-state index in [1.807, 2.05) is 26.0 Å². The molecule has 4 rings (SSSR count). The van der Waals surface area contributed by atoms with E-state index in [9.17, 15) is 22.8 Å². The van der Waals surface area contributed by atoms with Gasteiger partial charge in [0, 0.05) is 29.3 Å². The third-order valence-corrected chi connectivity index (χ3v) is 7.27. The van der Waals surface area contributed by atoms with E-state index in [4.69, 9.17) is 18.9 Å². The Morgan fingerprint density at radius 3 is 2.24 bits per heavy atom. The number of esters is 1. The van der Waals surface area contributed by atoms with E-state index >= 15 is 0 Å². The first-order valence-corrected chi connectivity index (χ1v) is 13.4. The first kappa shape index (κ1) is 30.2.